The van der Waals surface area contributed by atoms with E-state index < -0.39 is 24.7 Å². The number of hydrogen-bond acceptors (Lipinski definition) is 4. The lowest BCUT2D eigenvalue weighted by molar-refractivity contribution is -0.184. The number of amides is 1. The van der Waals surface area contributed by atoms with Gasteiger partial charge in [0.15, 0.2) is 0 Å². The lowest BCUT2D eigenvalue weighted by Gasteiger charge is -2.36. The van der Waals surface area contributed by atoms with Gasteiger partial charge in [-0.25, -0.2) is 0 Å². The number of carbonyl (C=O) groups is 1. The van der Waals surface area contributed by atoms with E-state index in [4.69, 9.17) is 4.74 Å². The highest BCUT2D eigenvalue weighted by Crippen LogP contribution is 2.26. The lowest BCUT2D eigenvalue weighted by atomic mass is 9.88. The topological polar surface area (TPSA) is 53.6 Å². The minimum absolute atomic E-state index is 0. The Morgan fingerprint density at radius 3 is 2.52 bits per heavy atom. The highest BCUT2D eigenvalue weighted by molar-refractivity contribution is 5.85. The monoisotopic (exact) mass is 387 g/mol. The van der Waals surface area contributed by atoms with Crippen LogP contribution in [0.1, 0.15) is 32.6 Å². The molecule has 2 N–H and O–H groups in total. The molecule has 0 bridgehead atoms. The second-order valence-electron chi connectivity index (χ2n) is 6.76. The quantitative estimate of drug-likeness (QED) is 0.731. The summed E-state index contributed by atoms with van der Waals surface area (Å²) in [6.07, 6.45) is -0.0769. The van der Waals surface area contributed by atoms with Crippen molar-refractivity contribution in [2.45, 2.75) is 50.9 Å². The van der Waals surface area contributed by atoms with E-state index in [1.165, 1.54) is 11.3 Å². The van der Waals surface area contributed by atoms with Gasteiger partial charge in [-0.2, -0.15) is 13.2 Å². The maximum absolute atomic E-state index is 13.2. The van der Waals surface area contributed by atoms with Gasteiger partial charge in [0.2, 0.25) is 5.91 Å². The largest absolute Gasteiger partial charge is 0.405 e. The maximum Gasteiger partial charge on any atom is 0.405 e. The van der Waals surface area contributed by atoms with Crippen LogP contribution in [0.2, 0.25) is 0 Å². The average Bonchev–Trinajstić information content (AvgIpc) is 2.54. The summed E-state index contributed by atoms with van der Waals surface area (Å²) < 4.78 is 45.3. The van der Waals surface area contributed by atoms with Crippen LogP contribution in [0.15, 0.2) is 0 Å². The molecule has 1 heterocycles. The zero-order chi connectivity index (χ0) is 17.6. The molecule has 5 nitrogen and oxygen atoms in total. The van der Waals surface area contributed by atoms with Crippen molar-refractivity contribution < 1.29 is 22.7 Å². The number of halogens is 4. The third kappa shape index (κ3) is 7.29. The van der Waals surface area contributed by atoms with Gasteiger partial charge >= 0.3 is 6.18 Å². The van der Waals surface area contributed by atoms with Gasteiger partial charge in [0, 0.05) is 32.7 Å². The van der Waals surface area contributed by atoms with Gasteiger partial charge in [-0.3, -0.25) is 9.69 Å². The van der Waals surface area contributed by atoms with E-state index in [9.17, 15) is 18.0 Å². The van der Waals surface area contributed by atoms with E-state index in [0.717, 1.165) is 19.3 Å². The van der Waals surface area contributed by atoms with Gasteiger partial charge in [0.1, 0.15) is 12.6 Å². The summed E-state index contributed by atoms with van der Waals surface area (Å²) in [5, 5.41) is 5.43. The molecule has 3 unspecified atom stereocenters. The zero-order valence-corrected chi connectivity index (χ0v) is 15.4. The number of ether oxygens (including phenoxy) is 1. The number of rotatable bonds is 6. The Balaban J connectivity index is 0.00000312. The van der Waals surface area contributed by atoms with E-state index in [0.29, 0.717) is 32.1 Å². The molecular formula is C16H29ClF3N3O2. The number of hydrogen-bond donors (Lipinski definition) is 2. The Hall–Kier alpha value is -0.570. The molecule has 148 valence electrons. The first kappa shape index (κ1) is 22.5. The first-order valence-corrected chi connectivity index (χ1v) is 8.77. The van der Waals surface area contributed by atoms with Crippen LogP contribution >= 0.6 is 12.4 Å². The molecule has 1 saturated heterocycles. The predicted molar refractivity (Wildman–Crippen MR) is 91.9 cm³/mol. The number of nitrogens with zero attached hydrogens (tertiary/aromatic N) is 1. The van der Waals surface area contributed by atoms with Crippen molar-refractivity contribution in [3.63, 3.8) is 0 Å². The van der Waals surface area contributed by atoms with Crippen molar-refractivity contribution in [1.82, 2.24) is 15.5 Å². The van der Waals surface area contributed by atoms with Crippen LogP contribution in [0.3, 0.4) is 0 Å². The molecule has 1 saturated carbocycles. The summed E-state index contributed by atoms with van der Waals surface area (Å²) in [5.41, 5.74) is 0. The molecule has 1 aliphatic heterocycles. The molecular weight excluding hydrogens is 359 g/mol. The van der Waals surface area contributed by atoms with Crippen molar-refractivity contribution in [1.29, 1.82) is 0 Å². The molecule has 3 atom stereocenters. The molecule has 0 aromatic rings. The van der Waals surface area contributed by atoms with Crippen LogP contribution in [-0.2, 0) is 9.53 Å². The summed E-state index contributed by atoms with van der Waals surface area (Å²) in [5.74, 6) is -0.0764. The number of nitrogens with one attached hydrogen (secondary N) is 2. The van der Waals surface area contributed by atoms with Crippen molar-refractivity contribution >= 4 is 18.3 Å². The molecule has 1 amide bonds. The summed E-state index contributed by atoms with van der Waals surface area (Å²) in [6.45, 7) is 3.22. The first-order chi connectivity index (χ1) is 11.4. The van der Waals surface area contributed by atoms with E-state index in [1.807, 2.05) is 0 Å². The fraction of sp³-hybridized carbons (Fsp3) is 0.938. The second-order valence-corrected chi connectivity index (χ2v) is 6.76. The highest BCUT2D eigenvalue weighted by Gasteiger charge is 2.43. The molecule has 1 aliphatic carbocycles. The van der Waals surface area contributed by atoms with Gasteiger partial charge in [0.25, 0.3) is 0 Å². The number of carbonyl (C=O) groups excluding carboxylic acids is 1. The van der Waals surface area contributed by atoms with Gasteiger partial charge in [0.05, 0.1) is 6.10 Å². The minimum Gasteiger partial charge on any atom is -0.368 e. The summed E-state index contributed by atoms with van der Waals surface area (Å²) in [4.78, 5) is 13.2. The molecule has 0 aromatic heterocycles. The van der Waals surface area contributed by atoms with Crippen molar-refractivity contribution in [3.8, 4) is 0 Å². The zero-order valence-electron chi connectivity index (χ0n) is 14.6. The van der Waals surface area contributed by atoms with Crippen LogP contribution in [0.4, 0.5) is 13.2 Å². The normalized spacial score (nSPS) is 26.6. The number of piperazine rings is 1. The average molecular weight is 388 g/mol. The molecule has 2 aliphatic rings. The molecule has 2 fully saturated rings. The van der Waals surface area contributed by atoms with Gasteiger partial charge < -0.3 is 15.4 Å². The molecule has 9 heteroatoms. The summed E-state index contributed by atoms with van der Waals surface area (Å²) in [6, 6.07) is -1.64. The van der Waals surface area contributed by atoms with Gasteiger partial charge in [-0.15, -0.1) is 12.4 Å². The van der Waals surface area contributed by atoms with Crippen molar-refractivity contribution in [2.24, 2.45) is 5.92 Å². The van der Waals surface area contributed by atoms with Crippen LogP contribution < -0.4 is 10.6 Å². The summed E-state index contributed by atoms with van der Waals surface area (Å²) >= 11 is 0. The predicted octanol–water partition coefficient (Wildman–Crippen LogP) is 1.96. The fourth-order valence-corrected chi connectivity index (χ4v) is 3.42. The Bertz CT molecular complexity index is 407. The SMILES string of the molecule is CC1CCCCC1OCC(=O)NCC(N1CCNCC1)C(F)(F)F.Cl. The molecule has 2 rings (SSSR count). The third-order valence-corrected chi connectivity index (χ3v) is 4.92. The Labute approximate surface area is 153 Å². The Morgan fingerprint density at radius 1 is 1.28 bits per heavy atom. The van der Waals surface area contributed by atoms with E-state index in [1.54, 1.807) is 0 Å². The minimum atomic E-state index is -4.36. The molecule has 25 heavy (non-hydrogen) atoms. The smallest absolute Gasteiger partial charge is 0.368 e. The van der Waals surface area contributed by atoms with Crippen LogP contribution in [-0.4, -0.2) is 68.5 Å². The van der Waals surface area contributed by atoms with Crippen molar-refractivity contribution in [2.75, 3.05) is 39.3 Å². The Kier molecular flexibility index (Phi) is 9.48. The standard InChI is InChI=1S/C16H28F3N3O2.ClH/c1-12-4-2-3-5-13(12)24-11-15(23)21-10-14(16(17,18)19)22-8-6-20-7-9-22;/h12-14,20H,2-11H2,1H3,(H,21,23);1H. The van der Waals surface area contributed by atoms with Crippen molar-refractivity contribution in [3.05, 3.63) is 0 Å². The Morgan fingerprint density at radius 2 is 1.92 bits per heavy atom. The summed E-state index contributed by atoms with van der Waals surface area (Å²) in [7, 11) is 0. The van der Waals surface area contributed by atoms with Crippen LogP contribution in [0.5, 0.6) is 0 Å². The fourth-order valence-electron chi connectivity index (χ4n) is 3.42. The van der Waals surface area contributed by atoms with Crippen LogP contribution in [0.25, 0.3) is 0 Å². The molecule has 0 spiro atoms. The van der Waals surface area contributed by atoms with E-state index in [-0.39, 0.29) is 25.1 Å². The number of alkyl halides is 3. The first-order valence-electron chi connectivity index (χ1n) is 8.77. The maximum atomic E-state index is 13.2. The van der Waals surface area contributed by atoms with E-state index >= 15 is 0 Å². The van der Waals surface area contributed by atoms with Gasteiger partial charge in [-0.05, 0) is 18.8 Å². The lowest BCUT2D eigenvalue weighted by Crippen LogP contribution is -2.57. The highest BCUT2D eigenvalue weighted by atomic mass is 35.5. The van der Waals surface area contributed by atoms with Gasteiger partial charge in [-0.1, -0.05) is 19.8 Å². The third-order valence-electron chi connectivity index (χ3n) is 4.92. The molecule has 0 aromatic carbocycles. The second kappa shape index (κ2) is 10.5. The van der Waals surface area contributed by atoms with E-state index in [2.05, 4.69) is 17.6 Å². The van der Waals surface area contributed by atoms with Crippen LogP contribution in [0, 0.1) is 5.92 Å². The molecule has 0 radical (unpaired) electrons.